The summed E-state index contributed by atoms with van der Waals surface area (Å²) in [6.07, 6.45) is -0.825. The molecular formula is C24H28ClN5O5. The Morgan fingerprint density at radius 1 is 1.20 bits per heavy atom. The van der Waals surface area contributed by atoms with Gasteiger partial charge in [0.05, 0.1) is 12.6 Å². The van der Waals surface area contributed by atoms with Crippen LogP contribution in [0.2, 0.25) is 5.02 Å². The molecule has 1 unspecified atom stereocenters. The van der Waals surface area contributed by atoms with Crippen LogP contribution in [0.3, 0.4) is 0 Å². The van der Waals surface area contributed by atoms with Crippen molar-refractivity contribution >= 4 is 35.3 Å². The molecule has 2 N–H and O–H groups in total. The first-order valence-corrected chi connectivity index (χ1v) is 11.6. The number of nitrogens with one attached hydrogen (secondary N) is 2. The third-order valence-corrected chi connectivity index (χ3v) is 5.53. The summed E-state index contributed by atoms with van der Waals surface area (Å²) in [4.78, 5) is 50.1. The van der Waals surface area contributed by atoms with Crippen molar-refractivity contribution in [1.29, 1.82) is 0 Å². The number of hydrogen-bond acceptors (Lipinski definition) is 6. The number of rotatable bonds is 10. The normalized spacial score (nSPS) is 15.7. The number of aryl methyl sites for hydroxylation is 1. The minimum atomic E-state index is -0.837. The summed E-state index contributed by atoms with van der Waals surface area (Å²) in [7, 11) is 0. The number of carbonyl (C=O) groups excluding carboxylic acids is 3. The van der Waals surface area contributed by atoms with Crippen molar-refractivity contribution in [3.63, 3.8) is 0 Å². The Hall–Kier alpha value is -3.66. The van der Waals surface area contributed by atoms with E-state index < -0.39 is 24.3 Å². The molecule has 0 aliphatic carbocycles. The first kappa shape index (κ1) is 26.0. The van der Waals surface area contributed by atoms with Crippen LogP contribution in [-0.2, 0) is 11.3 Å². The number of nitrogens with zero attached hydrogens (tertiary/aromatic N) is 3. The van der Waals surface area contributed by atoms with Crippen LogP contribution in [0.25, 0.3) is 0 Å². The monoisotopic (exact) mass is 501 g/mol. The van der Waals surface area contributed by atoms with Gasteiger partial charge in [0.15, 0.2) is 6.29 Å². The molecule has 0 aromatic heterocycles. The van der Waals surface area contributed by atoms with E-state index in [2.05, 4.69) is 15.8 Å². The lowest BCUT2D eigenvalue weighted by molar-refractivity contribution is -0.118. The molecule has 35 heavy (non-hydrogen) atoms. The van der Waals surface area contributed by atoms with Crippen molar-refractivity contribution in [2.45, 2.75) is 52.6 Å². The van der Waals surface area contributed by atoms with E-state index >= 15 is 0 Å². The summed E-state index contributed by atoms with van der Waals surface area (Å²) in [5.74, 6) is -0.0782. The Balaban J connectivity index is 1.81. The molecule has 5 amide bonds. The fourth-order valence-corrected chi connectivity index (χ4v) is 3.73. The van der Waals surface area contributed by atoms with Crippen molar-refractivity contribution in [1.82, 2.24) is 15.1 Å². The number of benzene rings is 2. The second kappa shape index (κ2) is 11.7. The summed E-state index contributed by atoms with van der Waals surface area (Å²) < 4.78 is 5.78. The zero-order valence-electron chi connectivity index (χ0n) is 19.8. The third kappa shape index (κ3) is 6.92. The van der Waals surface area contributed by atoms with E-state index in [9.17, 15) is 19.3 Å². The number of hydrogen-bond donors (Lipinski definition) is 2. The third-order valence-electron chi connectivity index (χ3n) is 5.27. The molecule has 0 bridgehead atoms. The molecule has 1 aliphatic heterocycles. The van der Waals surface area contributed by atoms with Gasteiger partial charge in [-0.05, 0) is 68.7 Å². The number of urea groups is 2. The van der Waals surface area contributed by atoms with Crippen LogP contribution in [-0.4, -0.2) is 46.7 Å². The van der Waals surface area contributed by atoms with E-state index in [-0.39, 0.29) is 32.0 Å². The van der Waals surface area contributed by atoms with E-state index in [1.807, 2.05) is 39.0 Å². The molecule has 1 heterocycles. The summed E-state index contributed by atoms with van der Waals surface area (Å²) in [6, 6.07) is 11.4. The van der Waals surface area contributed by atoms with Gasteiger partial charge in [-0.15, -0.1) is 4.91 Å². The van der Waals surface area contributed by atoms with Gasteiger partial charge in [-0.25, -0.2) is 14.5 Å². The first-order valence-electron chi connectivity index (χ1n) is 11.2. The second-order valence-electron chi connectivity index (χ2n) is 8.42. The van der Waals surface area contributed by atoms with Crippen LogP contribution in [0.15, 0.2) is 47.6 Å². The van der Waals surface area contributed by atoms with Gasteiger partial charge in [-0.3, -0.25) is 15.0 Å². The Labute approximate surface area is 208 Å². The Kier molecular flexibility index (Phi) is 8.64. The molecule has 2 aromatic rings. The van der Waals surface area contributed by atoms with Gasteiger partial charge in [0.1, 0.15) is 5.75 Å². The minimum absolute atomic E-state index is 0.0289. The summed E-state index contributed by atoms with van der Waals surface area (Å²) in [5.41, 5.74) is 2.40. The molecule has 10 nitrogen and oxygen atoms in total. The summed E-state index contributed by atoms with van der Waals surface area (Å²) >= 11 is 5.99. The maximum atomic E-state index is 13.3. The van der Waals surface area contributed by atoms with Crippen molar-refractivity contribution in [2.24, 2.45) is 5.18 Å². The molecule has 186 valence electrons. The van der Waals surface area contributed by atoms with Crippen LogP contribution in [0, 0.1) is 11.8 Å². The van der Waals surface area contributed by atoms with Crippen LogP contribution >= 0.6 is 11.6 Å². The van der Waals surface area contributed by atoms with E-state index in [0.717, 1.165) is 21.8 Å². The zero-order valence-corrected chi connectivity index (χ0v) is 20.5. The molecule has 11 heteroatoms. The maximum Gasteiger partial charge on any atom is 0.331 e. The highest BCUT2D eigenvalue weighted by molar-refractivity contribution is 6.30. The molecule has 0 radical (unpaired) electrons. The predicted octanol–water partition coefficient (Wildman–Crippen LogP) is 4.85. The number of ether oxygens (including phenoxy) is 1. The molecule has 1 fully saturated rings. The molecule has 1 saturated heterocycles. The fraction of sp³-hybridized carbons (Fsp3) is 0.375. The van der Waals surface area contributed by atoms with Crippen molar-refractivity contribution < 1.29 is 19.1 Å². The molecule has 0 saturated carbocycles. The van der Waals surface area contributed by atoms with Gasteiger partial charge in [-0.1, -0.05) is 23.7 Å². The van der Waals surface area contributed by atoms with Crippen LogP contribution in [0.1, 0.15) is 37.8 Å². The van der Waals surface area contributed by atoms with Crippen molar-refractivity contribution in [3.8, 4) is 5.75 Å². The Bertz CT molecular complexity index is 1090. The lowest BCUT2D eigenvalue weighted by Gasteiger charge is -2.41. The first-order chi connectivity index (χ1) is 16.7. The highest BCUT2D eigenvalue weighted by Gasteiger charge is 2.38. The molecule has 0 spiro atoms. The van der Waals surface area contributed by atoms with Gasteiger partial charge >= 0.3 is 12.1 Å². The largest absolute Gasteiger partial charge is 0.491 e. The molecule has 3 rings (SSSR count). The SMILES string of the molecule is Cc1cc(NC2NC(=O)N(CCCC(=O)N=O)C(=O)N2Cc2ccc(Cl)cc2)ccc1OC(C)C. The minimum Gasteiger partial charge on any atom is -0.491 e. The van der Waals surface area contributed by atoms with Gasteiger partial charge in [0, 0.05) is 28.9 Å². The zero-order chi connectivity index (χ0) is 25.5. The van der Waals surface area contributed by atoms with Crippen LogP contribution in [0.4, 0.5) is 15.3 Å². The molecule has 2 aromatic carbocycles. The average Bonchev–Trinajstić information content (AvgIpc) is 2.81. The summed E-state index contributed by atoms with van der Waals surface area (Å²) in [6.45, 7) is 5.96. The standard InChI is InChI=1S/C24H28ClN5O5/c1-15(2)35-20-11-10-19(13-16(20)3)26-22-27-23(32)29(12-4-5-21(31)28-34)24(33)30(22)14-17-6-8-18(25)9-7-17/h6-11,13,15,22,26H,4-5,12,14H2,1-3H3,(H,27,32). The van der Waals surface area contributed by atoms with E-state index in [1.165, 1.54) is 4.90 Å². The smallest absolute Gasteiger partial charge is 0.331 e. The van der Waals surface area contributed by atoms with Crippen molar-refractivity contribution in [2.75, 3.05) is 11.9 Å². The highest BCUT2D eigenvalue weighted by Crippen LogP contribution is 2.25. The van der Waals surface area contributed by atoms with E-state index in [4.69, 9.17) is 16.3 Å². The Morgan fingerprint density at radius 3 is 2.54 bits per heavy atom. The van der Waals surface area contributed by atoms with E-state index in [1.54, 1.807) is 24.3 Å². The average molecular weight is 502 g/mol. The molecular weight excluding hydrogens is 474 g/mol. The van der Waals surface area contributed by atoms with Gasteiger partial charge in [0.2, 0.25) is 0 Å². The number of amides is 5. The number of halogens is 1. The molecule has 1 aliphatic rings. The lowest BCUT2D eigenvalue weighted by atomic mass is 10.2. The predicted molar refractivity (Wildman–Crippen MR) is 132 cm³/mol. The number of carbonyl (C=O) groups is 3. The van der Waals surface area contributed by atoms with Crippen molar-refractivity contribution in [3.05, 3.63) is 63.5 Å². The number of anilines is 1. The van der Waals surface area contributed by atoms with Gasteiger partial charge in [0.25, 0.3) is 5.91 Å². The van der Waals surface area contributed by atoms with Crippen LogP contribution in [0.5, 0.6) is 5.75 Å². The van der Waals surface area contributed by atoms with E-state index in [0.29, 0.717) is 10.7 Å². The number of imide groups is 1. The summed E-state index contributed by atoms with van der Waals surface area (Å²) in [5, 5.41) is 8.91. The topological polar surface area (TPSA) is 120 Å². The van der Waals surface area contributed by atoms with Gasteiger partial charge < -0.3 is 10.1 Å². The quantitative estimate of drug-likeness (QED) is 0.449. The number of nitroso groups, excluding NO2 is 1. The lowest BCUT2D eigenvalue weighted by Crippen LogP contribution is -2.67. The van der Waals surface area contributed by atoms with Crippen LogP contribution < -0.4 is 15.4 Å². The molecule has 1 atom stereocenters. The maximum absolute atomic E-state index is 13.3. The highest BCUT2D eigenvalue weighted by atomic mass is 35.5. The van der Waals surface area contributed by atoms with Gasteiger partial charge in [-0.2, -0.15) is 0 Å². The Morgan fingerprint density at radius 2 is 1.91 bits per heavy atom. The fourth-order valence-electron chi connectivity index (χ4n) is 3.60. The second-order valence-corrected chi connectivity index (χ2v) is 8.86.